The highest BCUT2D eigenvalue weighted by atomic mass is 19.4. The van der Waals surface area contributed by atoms with Gasteiger partial charge in [0.1, 0.15) is 0 Å². The SMILES string of the molecule is C[C@H]1CC(O)(c2ccc(C(F)(F)F)cc2)CC(C2(C#N)CC2)N1. The number of benzene rings is 1. The van der Waals surface area contributed by atoms with Crippen molar-refractivity contribution in [2.75, 3.05) is 0 Å². The zero-order valence-corrected chi connectivity index (χ0v) is 12.8. The Morgan fingerprint density at radius 2 is 1.83 bits per heavy atom. The van der Waals surface area contributed by atoms with Crippen molar-refractivity contribution in [1.82, 2.24) is 5.32 Å². The van der Waals surface area contributed by atoms with Crippen LogP contribution in [0.5, 0.6) is 0 Å². The molecule has 2 aliphatic rings. The summed E-state index contributed by atoms with van der Waals surface area (Å²) in [6.07, 6.45) is -2.02. The van der Waals surface area contributed by atoms with Crippen LogP contribution < -0.4 is 5.32 Å². The average molecular weight is 324 g/mol. The molecule has 2 unspecified atom stereocenters. The van der Waals surface area contributed by atoms with Gasteiger partial charge in [-0.15, -0.1) is 0 Å². The number of nitriles is 1. The highest BCUT2D eigenvalue weighted by Crippen LogP contribution is 2.53. The molecule has 3 rings (SSSR count). The first-order valence-corrected chi connectivity index (χ1v) is 7.76. The summed E-state index contributed by atoms with van der Waals surface area (Å²) in [4.78, 5) is 0. The Bertz CT molecular complexity index is 631. The van der Waals surface area contributed by atoms with Gasteiger partial charge in [-0.3, -0.25) is 0 Å². The van der Waals surface area contributed by atoms with E-state index in [0.29, 0.717) is 18.4 Å². The highest BCUT2D eigenvalue weighted by Gasteiger charge is 2.54. The first-order valence-electron chi connectivity index (χ1n) is 7.76. The molecule has 1 aliphatic heterocycles. The van der Waals surface area contributed by atoms with E-state index in [0.717, 1.165) is 25.0 Å². The standard InChI is InChI=1S/C17H19F3N2O/c1-11-8-16(23,9-14(22-11)15(10-21)6-7-15)12-2-4-13(5-3-12)17(18,19)20/h2-5,11,14,22-23H,6-9H2,1H3/t11-,14?,16?/m0/s1. The van der Waals surface area contributed by atoms with Crippen LogP contribution >= 0.6 is 0 Å². The van der Waals surface area contributed by atoms with Crippen molar-refractivity contribution in [3.63, 3.8) is 0 Å². The lowest BCUT2D eigenvalue weighted by molar-refractivity contribution is -0.137. The van der Waals surface area contributed by atoms with Gasteiger partial charge in [-0.25, -0.2) is 0 Å². The van der Waals surface area contributed by atoms with Gasteiger partial charge >= 0.3 is 6.18 Å². The quantitative estimate of drug-likeness (QED) is 0.877. The molecule has 1 heterocycles. The Morgan fingerprint density at radius 3 is 2.30 bits per heavy atom. The monoisotopic (exact) mass is 324 g/mol. The Morgan fingerprint density at radius 1 is 1.22 bits per heavy atom. The minimum Gasteiger partial charge on any atom is -0.385 e. The number of hydrogen-bond acceptors (Lipinski definition) is 3. The van der Waals surface area contributed by atoms with E-state index in [1.54, 1.807) is 0 Å². The summed E-state index contributed by atoms with van der Waals surface area (Å²) in [5.41, 5.74) is -1.88. The van der Waals surface area contributed by atoms with Crippen LogP contribution in [0.3, 0.4) is 0 Å². The normalized spacial score (nSPS) is 33.0. The van der Waals surface area contributed by atoms with Gasteiger partial charge in [0.25, 0.3) is 0 Å². The molecule has 1 saturated carbocycles. The molecule has 3 nitrogen and oxygen atoms in total. The van der Waals surface area contributed by atoms with Crippen LogP contribution in [0.15, 0.2) is 24.3 Å². The summed E-state index contributed by atoms with van der Waals surface area (Å²) in [7, 11) is 0. The van der Waals surface area contributed by atoms with Gasteiger partial charge in [-0.2, -0.15) is 18.4 Å². The lowest BCUT2D eigenvalue weighted by Gasteiger charge is -2.43. The lowest BCUT2D eigenvalue weighted by atomic mass is 9.75. The maximum absolute atomic E-state index is 12.7. The second-order valence-corrected chi connectivity index (χ2v) is 6.90. The van der Waals surface area contributed by atoms with Crippen LogP contribution in [0.25, 0.3) is 0 Å². The number of halogens is 3. The predicted molar refractivity (Wildman–Crippen MR) is 78.2 cm³/mol. The lowest BCUT2D eigenvalue weighted by Crippen LogP contribution is -2.54. The predicted octanol–water partition coefficient (Wildman–Crippen LogP) is 3.34. The zero-order valence-electron chi connectivity index (χ0n) is 12.8. The minimum atomic E-state index is -4.38. The van der Waals surface area contributed by atoms with E-state index >= 15 is 0 Å². The molecule has 0 radical (unpaired) electrons. The minimum absolute atomic E-state index is 0.00753. The topological polar surface area (TPSA) is 56.0 Å². The van der Waals surface area contributed by atoms with Gasteiger partial charge in [0, 0.05) is 12.1 Å². The third-order valence-electron chi connectivity index (χ3n) is 5.10. The summed E-state index contributed by atoms with van der Waals surface area (Å²) >= 11 is 0. The van der Waals surface area contributed by atoms with E-state index in [2.05, 4.69) is 11.4 Å². The average Bonchev–Trinajstić information content (AvgIpc) is 3.27. The summed E-state index contributed by atoms with van der Waals surface area (Å²) in [6, 6.07) is 6.91. The Labute approximate surface area is 133 Å². The molecule has 1 saturated heterocycles. The molecule has 0 spiro atoms. The molecular formula is C17H19F3N2O. The van der Waals surface area contributed by atoms with Crippen LogP contribution in [0.1, 0.15) is 43.7 Å². The number of piperidine rings is 1. The van der Waals surface area contributed by atoms with Crippen molar-refractivity contribution < 1.29 is 18.3 Å². The molecule has 0 bridgehead atoms. The van der Waals surface area contributed by atoms with Crippen LogP contribution in [0, 0.1) is 16.7 Å². The van der Waals surface area contributed by atoms with Crippen molar-refractivity contribution in [3.05, 3.63) is 35.4 Å². The zero-order chi connectivity index (χ0) is 16.9. The van der Waals surface area contributed by atoms with E-state index in [4.69, 9.17) is 0 Å². The summed E-state index contributed by atoms with van der Waals surface area (Å²) in [5, 5.41) is 23.8. The molecule has 1 aromatic rings. The second-order valence-electron chi connectivity index (χ2n) is 6.90. The molecule has 3 atom stereocenters. The molecular weight excluding hydrogens is 305 g/mol. The Balaban J connectivity index is 1.87. The molecule has 1 aliphatic carbocycles. The number of rotatable bonds is 2. The van der Waals surface area contributed by atoms with Crippen molar-refractivity contribution >= 4 is 0 Å². The first kappa shape index (κ1) is 16.3. The van der Waals surface area contributed by atoms with Gasteiger partial charge in [-0.1, -0.05) is 12.1 Å². The maximum Gasteiger partial charge on any atom is 0.416 e. The largest absolute Gasteiger partial charge is 0.416 e. The van der Waals surface area contributed by atoms with Crippen LogP contribution in [0.4, 0.5) is 13.2 Å². The number of hydrogen-bond donors (Lipinski definition) is 2. The number of nitrogens with zero attached hydrogens (tertiary/aromatic N) is 1. The number of aliphatic hydroxyl groups is 1. The van der Waals surface area contributed by atoms with E-state index in [1.165, 1.54) is 12.1 Å². The van der Waals surface area contributed by atoms with Gasteiger partial charge in [0.05, 0.1) is 22.6 Å². The fourth-order valence-electron chi connectivity index (χ4n) is 3.62. The maximum atomic E-state index is 12.7. The third-order valence-corrected chi connectivity index (χ3v) is 5.10. The molecule has 124 valence electrons. The first-order chi connectivity index (χ1) is 10.7. The Kier molecular flexibility index (Phi) is 3.69. The molecule has 1 aromatic carbocycles. The molecule has 6 heteroatoms. The van der Waals surface area contributed by atoms with Gasteiger partial charge in [0.15, 0.2) is 0 Å². The van der Waals surface area contributed by atoms with Crippen LogP contribution in [-0.4, -0.2) is 17.2 Å². The van der Waals surface area contributed by atoms with Gasteiger partial charge < -0.3 is 10.4 Å². The molecule has 0 amide bonds. The Hall–Kier alpha value is -1.58. The van der Waals surface area contributed by atoms with Gasteiger partial charge in [-0.05, 0) is 50.3 Å². The van der Waals surface area contributed by atoms with Crippen LogP contribution in [0.2, 0.25) is 0 Å². The smallest absolute Gasteiger partial charge is 0.385 e. The van der Waals surface area contributed by atoms with Crippen molar-refractivity contribution in [3.8, 4) is 6.07 Å². The van der Waals surface area contributed by atoms with Gasteiger partial charge in [0.2, 0.25) is 0 Å². The van der Waals surface area contributed by atoms with E-state index in [1.807, 2.05) is 6.92 Å². The van der Waals surface area contributed by atoms with E-state index < -0.39 is 22.8 Å². The van der Waals surface area contributed by atoms with E-state index in [-0.39, 0.29) is 12.1 Å². The van der Waals surface area contributed by atoms with Crippen LogP contribution in [-0.2, 0) is 11.8 Å². The molecule has 23 heavy (non-hydrogen) atoms. The molecule has 2 fully saturated rings. The summed E-state index contributed by atoms with van der Waals surface area (Å²) in [6.45, 7) is 1.93. The molecule has 0 aromatic heterocycles. The van der Waals surface area contributed by atoms with Crippen molar-refractivity contribution in [2.45, 2.75) is 56.5 Å². The number of nitrogens with one attached hydrogen (secondary N) is 1. The second kappa shape index (κ2) is 5.22. The van der Waals surface area contributed by atoms with Crippen molar-refractivity contribution in [1.29, 1.82) is 5.26 Å². The number of alkyl halides is 3. The van der Waals surface area contributed by atoms with Crippen molar-refractivity contribution in [2.24, 2.45) is 5.41 Å². The summed E-state index contributed by atoms with van der Waals surface area (Å²) in [5.74, 6) is 0. The molecule has 2 N–H and O–H groups in total. The van der Waals surface area contributed by atoms with E-state index in [9.17, 15) is 23.5 Å². The fourth-order valence-corrected chi connectivity index (χ4v) is 3.62. The summed E-state index contributed by atoms with van der Waals surface area (Å²) < 4.78 is 38.0. The third kappa shape index (κ3) is 2.96. The highest BCUT2D eigenvalue weighted by molar-refractivity contribution is 5.31. The fraction of sp³-hybridized carbons (Fsp3) is 0.588.